The Morgan fingerprint density at radius 3 is 2.31 bits per heavy atom. The highest BCUT2D eigenvalue weighted by atomic mass is 16.6. The van der Waals surface area contributed by atoms with E-state index in [9.17, 15) is 9.59 Å². The lowest BCUT2D eigenvalue weighted by molar-refractivity contribution is 0.0634. The normalized spacial score (nSPS) is 15.5. The molecule has 0 atom stereocenters. The minimum atomic E-state index is -0.638. The number of ether oxygens (including phenoxy) is 2. The molecule has 1 aliphatic heterocycles. The molecule has 1 saturated carbocycles. The summed E-state index contributed by atoms with van der Waals surface area (Å²) in [7, 11) is 0. The lowest BCUT2D eigenvalue weighted by atomic mass is 10.0. The Hall–Kier alpha value is -4.51. The molecule has 1 saturated heterocycles. The van der Waals surface area contributed by atoms with Crippen LogP contribution in [0.4, 0.5) is 16.6 Å². The van der Waals surface area contributed by atoms with E-state index >= 15 is 0 Å². The van der Waals surface area contributed by atoms with Gasteiger partial charge in [-0.25, -0.2) is 24.7 Å². The summed E-state index contributed by atoms with van der Waals surface area (Å²) in [5.74, 6) is 2.02. The van der Waals surface area contributed by atoms with Gasteiger partial charge in [0.2, 0.25) is 5.95 Å². The molecule has 11 nitrogen and oxygen atoms in total. The van der Waals surface area contributed by atoms with Gasteiger partial charge in [-0.05, 0) is 51.2 Å². The molecule has 1 N–H and O–H groups in total. The van der Waals surface area contributed by atoms with Crippen LogP contribution in [0.2, 0.25) is 0 Å². The fourth-order valence-corrected chi connectivity index (χ4v) is 4.74. The number of amides is 1. The van der Waals surface area contributed by atoms with Gasteiger partial charge in [-0.2, -0.15) is 0 Å². The van der Waals surface area contributed by atoms with Gasteiger partial charge in [0.1, 0.15) is 11.1 Å². The lowest BCUT2D eigenvalue weighted by Gasteiger charge is -2.28. The van der Waals surface area contributed by atoms with E-state index in [-0.39, 0.29) is 11.7 Å². The number of fused-ring (bicyclic) bond motifs is 1. The van der Waals surface area contributed by atoms with E-state index in [1.165, 1.54) is 0 Å². The topological polar surface area (TPSA) is 132 Å². The summed E-state index contributed by atoms with van der Waals surface area (Å²) >= 11 is 0. The van der Waals surface area contributed by atoms with Gasteiger partial charge in [-0.15, -0.1) is 0 Å². The molecule has 216 valence electrons. The summed E-state index contributed by atoms with van der Waals surface area (Å²) in [6, 6.07) is 9.67. The molecule has 0 unspecified atom stereocenters. The Labute approximate surface area is 243 Å². The van der Waals surface area contributed by atoms with Gasteiger partial charge < -0.3 is 14.4 Å². The number of benzene rings is 1. The Morgan fingerprint density at radius 2 is 1.64 bits per heavy atom. The third-order valence-corrected chi connectivity index (χ3v) is 7.06. The number of aromatic nitrogens is 5. The first-order chi connectivity index (χ1) is 20.2. The number of anilines is 2. The van der Waals surface area contributed by atoms with Crippen molar-refractivity contribution in [1.82, 2.24) is 24.9 Å². The van der Waals surface area contributed by atoms with Crippen LogP contribution in [0.1, 0.15) is 50.4 Å². The van der Waals surface area contributed by atoms with Crippen molar-refractivity contribution in [2.24, 2.45) is 5.92 Å². The first kappa shape index (κ1) is 27.6. The first-order valence-electron chi connectivity index (χ1n) is 14.2. The van der Waals surface area contributed by atoms with Crippen LogP contribution < -0.4 is 10.2 Å². The van der Waals surface area contributed by atoms with E-state index in [2.05, 4.69) is 20.2 Å². The maximum atomic E-state index is 12.5. The molecule has 6 rings (SSSR count). The molecule has 3 aromatic heterocycles. The van der Waals surface area contributed by atoms with E-state index in [1.807, 2.05) is 36.5 Å². The van der Waals surface area contributed by atoms with Crippen LogP contribution in [-0.2, 0) is 9.47 Å². The fraction of sp³-hybridized carbons (Fsp3) is 0.387. The van der Waals surface area contributed by atoms with E-state index < -0.39 is 11.7 Å². The zero-order chi connectivity index (χ0) is 29.3. The predicted octanol–water partition coefficient (Wildman–Crippen LogP) is 5.32. The van der Waals surface area contributed by atoms with Gasteiger partial charge in [0, 0.05) is 49.2 Å². The minimum Gasteiger partial charge on any atom is -0.444 e. The number of nitrogens with zero attached hydrogens (tertiary/aromatic N) is 6. The molecule has 42 heavy (non-hydrogen) atoms. The van der Waals surface area contributed by atoms with Gasteiger partial charge in [-0.3, -0.25) is 15.1 Å². The Bertz CT molecular complexity index is 1610. The molecule has 1 aromatic carbocycles. The Kier molecular flexibility index (Phi) is 7.51. The van der Waals surface area contributed by atoms with E-state index in [0.717, 1.165) is 29.5 Å². The summed E-state index contributed by atoms with van der Waals surface area (Å²) < 4.78 is 10.8. The van der Waals surface area contributed by atoms with Crippen molar-refractivity contribution in [1.29, 1.82) is 0 Å². The van der Waals surface area contributed by atoms with Crippen molar-refractivity contribution in [3.63, 3.8) is 0 Å². The smallest absolute Gasteiger partial charge is 0.414 e. The third kappa shape index (κ3) is 6.52. The summed E-state index contributed by atoms with van der Waals surface area (Å²) in [6.45, 7) is 7.91. The van der Waals surface area contributed by atoms with Crippen molar-refractivity contribution in [2.45, 2.75) is 45.6 Å². The number of rotatable bonds is 7. The van der Waals surface area contributed by atoms with Crippen LogP contribution in [0.15, 0.2) is 48.9 Å². The molecule has 0 spiro atoms. The lowest BCUT2D eigenvalue weighted by Crippen LogP contribution is -2.37. The summed E-state index contributed by atoms with van der Waals surface area (Å²) in [6.07, 6.45) is 7.26. The monoisotopic (exact) mass is 567 g/mol. The number of morpholine rings is 1. The number of carbonyl (C=O) groups excluding carboxylic acids is 2. The van der Waals surface area contributed by atoms with Gasteiger partial charge in [-0.1, -0.05) is 24.3 Å². The molecule has 1 aliphatic carbocycles. The maximum Gasteiger partial charge on any atom is 0.414 e. The predicted molar refractivity (Wildman–Crippen MR) is 158 cm³/mol. The SMILES string of the molecule is CC(C)(C)OC(=O)Nc1ncc(-c2nc(N3CCOCC3)c3ncc(-c4ccc(C(=O)CC5CC5)cc4)cc3n2)cn1. The quantitative estimate of drug-likeness (QED) is 0.293. The molecular weight excluding hydrogens is 534 g/mol. The maximum absolute atomic E-state index is 12.5. The fourth-order valence-electron chi connectivity index (χ4n) is 4.74. The molecule has 4 aromatic rings. The number of hydrogen-bond acceptors (Lipinski definition) is 10. The number of nitrogens with one attached hydrogen (secondary N) is 1. The molecule has 2 fully saturated rings. The summed E-state index contributed by atoms with van der Waals surface area (Å²) in [5.41, 5.74) is 3.87. The van der Waals surface area contributed by atoms with Gasteiger partial charge in [0.25, 0.3) is 0 Å². The van der Waals surface area contributed by atoms with Crippen molar-refractivity contribution in [2.75, 3.05) is 36.5 Å². The molecule has 0 radical (unpaired) electrons. The van der Waals surface area contributed by atoms with Crippen LogP contribution >= 0.6 is 0 Å². The highest BCUT2D eigenvalue weighted by Crippen LogP contribution is 2.34. The van der Waals surface area contributed by atoms with Crippen LogP contribution in [0.25, 0.3) is 33.5 Å². The van der Waals surface area contributed by atoms with Crippen LogP contribution in [0.3, 0.4) is 0 Å². The second-order valence-electron chi connectivity index (χ2n) is 11.6. The largest absolute Gasteiger partial charge is 0.444 e. The number of carbonyl (C=O) groups is 2. The number of Topliss-reactive ketones (excluding diaryl/α,β-unsaturated/α-hetero) is 1. The number of hydrogen-bond donors (Lipinski definition) is 1. The van der Waals surface area contributed by atoms with Gasteiger partial charge >= 0.3 is 6.09 Å². The zero-order valence-electron chi connectivity index (χ0n) is 24.0. The van der Waals surface area contributed by atoms with Crippen LogP contribution in [0, 0.1) is 5.92 Å². The van der Waals surface area contributed by atoms with Crippen molar-refractivity contribution >= 4 is 34.7 Å². The second kappa shape index (κ2) is 11.4. The Morgan fingerprint density at radius 1 is 0.952 bits per heavy atom. The zero-order valence-corrected chi connectivity index (χ0v) is 24.0. The highest BCUT2D eigenvalue weighted by Gasteiger charge is 2.25. The first-order valence-corrected chi connectivity index (χ1v) is 14.2. The van der Waals surface area contributed by atoms with Crippen molar-refractivity contribution in [3.8, 4) is 22.5 Å². The standard InChI is InChI=1S/C31H33N7O4/c1-31(2,3)42-30(40)37-29-33-17-23(18-34-29)27-35-24-15-22(16-32-26(24)28(36-27)38-10-12-41-13-11-38)20-6-8-21(9-7-20)25(39)14-19-4-5-19/h6-9,15-19H,4-5,10-14H2,1-3H3,(H,33,34,37,40). The third-order valence-electron chi connectivity index (χ3n) is 7.06. The highest BCUT2D eigenvalue weighted by molar-refractivity contribution is 5.97. The molecule has 1 amide bonds. The van der Waals surface area contributed by atoms with E-state index in [1.54, 1.807) is 33.2 Å². The summed E-state index contributed by atoms with van der Waals surface area (Å²) in [4.78, 5) is 49.8. The number of pyridine rings is 1. The van der Waals surface area contributed by atoms with Crippen LogP contribution in [0.5, 0.6) is 0 Å². The minimum absolute atomic E-state index is 0.116. The van der Waals surface area contributed by atoms with E-state index in [0.29, 0.717) is 66.9 Å². The van der Waals surface area contributed by atoms with Gasteiger partial charge in [0.15, 0.2) is 17.4 Å². The number of ketones is 1. The average molecular weight is 568 g/mol. The average Bonchev–Trinajstić information content (AvgIpc) is 3.80. The molecule has 0 bridgehead atoms. The van der Waals surface area contributed by atoms with Gasteiger partial charge in [0.05, 0.1) is 24.3 Å². The molecule has 2 aliphatic rings. The molecule has 4 heterocycles. The molecule has 11 heteroatoms. The van der Waals surface area contributed by atoms with Crippen molar-refractivity contribution < 1.29 is 19.1 Å². The molecular formula is C31H33N7O4. The van der Waals surface area contributed by atoms with Crippen molar-refractivity contribution in [3.05, 3.63) is 54.5 Å². The van der Waals surface area contributed by atoms with E-state index in [4.69, 9.17) is 24.4 Å². The Balaban J connectivity index is 1.31. The summed E-state index contributed by atoms with van der Waals surface area (Å²) in [5, 5.41) is 2.54. The second-order valence-corrected chi connectivity index (χ2v) is 11.6. The van der Waals surface area contributed by atoms with Crippen LogP contribution in [-0.4, -0.2) is 68.7 Å².